The number of aliphatic hydroxyl groups excluding tert-OH is 5. The Morgan fingerprint density at radius 3 is 1.93 bits per heavy atom. The van der Waals surface area contributed by atoms with E-state index >= 15 is 0 Å². The molecule has 5 aliphatic carbocycles. The molecule has 0 spiro atoms. The minimum Gasteiger partial charge on any atom is -0.550 e. The third-order valence-corrected chi connectivity index (χ3v) is 16.6. The van der Waals surface area contributed by atoms with Crippen LogP contribution in [0.15, 0.2) is 11.6 Å². The van der Waals surface area contributed by atoms with E-state index < -0.39 is 102 Å². The number of carbonyl (C=O) groups excluding carboxylic acids is 4. The van der Waals surface area contributed by atoms with Gasteiger partial charge in [0.1, 0.15) is 48.8 Å². The first-order valence-corrected chi connectivity index (χ1v) is 20.3. The molecule has 7 aliphatic rings. The number of rotatable bonds is 7. The molecule has 7 rings (SSSR count). The molecule has 0 aromatic carbocycles. The van der Waals surface area contributed by atoms with Crippen LogP contribution in [-0.2, 0) is 38.1 Å². The monoisotopic (exact) mass is 805 g/mol. The van der Waals surface area contributed by atoms with Crippen LogP contribution in [0, 0.1) is 50.7 Å². The minimum atomic E-state index is -2.15. The fourth-order valence-electron chi connectivity index (χ4n) is 12.6. The van der Waals surface area contributed by atoms with Crippen LogP contribution >= 0.6 is 0 Å². The molecule has 2 heterocycles. The van der Waals surface area contributed by atoms with Crippen molar-refractivity contribution in [3.63, 3.8) is 0 Å². The fraction of sp³-hybridized carbons (Fsp3) is 0.854. The number of carbonyl (C=O) groups is 4. The van der Waals surface area contributed by atoms with Gasteiger partial charge in [-0.05, 0) is 103 Å². The van der Waals surface area contributed by atoms with Crippen LogP contribution in [0.5, 0.6) is 0 Å². The molecule has 19 atom stereocenters. The molecule has 5 N–H and O–H groups in total. The molecule has 320 valence electrons. The second kappa shape index (κ2) is 14.3. The van der Waals surface area contributed by atoms with Crippen molar-refractivity contribution in [3.05, 3.63) is 11.6 Å². The summed E-state index contributed by atoms with van der Waals surface area (Å²) in [5.74, 6) is -5.30. The molecule has 0 aromatic rings. The molecule has 0 aromatic heterocycles. The first-order chi connectivity index (χ1) is 26.4. The first kappa shape index (κ1) is 42.6. The molecule has 2 aliphatic heterocycles. The van der Waals surface area contributed by atoms with Gasteiger partial charge < -0.3 is 74.2 Å². The summed E-state index contributed by atoms with van der Waals surface area (Å²) in [5, 5.41) is 88.9. The van der Waals surface area contributed by atoms with Gasteiger partial charge in [0.15, 0.2) is 18.4 Å². The zero-order chi connectivity index (χ0) is 41.9. The minimum absolute atomic E-state index is 0.0472. The molecule has 16 nitrogen and oxygen atoms in total. The number of fused-ring (bicyclic) bond motifs is 7. The van der Waals surface area contributed by atoms with Crippen LogP contribution in [0.25, 0.3) is 0 Å². The molecule has 0 amide bonds. The Balaban J connectivity index is 1.15. The average molecular weight is 806 g/mol. The van der Waals surface area contributed by atoms with Gasteiger partial charge in [0, 0.05) is 17.3 Å². The van der Waals surface area contributed by atoms with Crippen LogP contribution in [0.4, 0.5) is 0 Å². The van der Waals surface area contributed by atoms with Gasteiger partial charge in [-0.15, -0.1) is 0 Å². The molecular formula is C41H57O16-3. The fourth-order valence-corrected chi connectivity index (χ4v) is 12.6. The van der Waals surface area contributed by atoms with Gasteiger partial charge in [0.2, 0.25) is 0 Å². The van der Waals surface area contributed by atoms with Gasteiger partial charge in [-0.3, -0.25) is 4.79 Å². The lowest BCUT2D eigenvalue weighted by Gasteiger charge is -2.68. The summed E-state index contributed by atoms with van der Waals surface area (Å²) in [6.45, 7) is 12.5. The lowest BCUT2D eigenvalue weighted by atomic mass is 9.36. The summed E-state index contributed by atoms with van der Waals surface area (Å²) < 4.78 is 23.0. The van der Waals surface area contributed by atoms with Gasteiger partial charge in [-0.2, -0.15) is 0 Å². The van der Waals surface area contributed by atoms with Crippen molar-refractivity contribution in [3.8, 4) is 0 Å². The third kappa shape index (κ3) is 6.42. The second-order valence-corrected chi connectivity index (χ2v) is 19.9. The van der Waals surface area contributed by atoms with Crippen LogP contribution in [0.1, 0.15) is 99.3 Å². The van der Waals surface area contributed by atoms with E-state index in [0.29, 0.717) is 32.1 Å². The van der Waals surface area contributed by atoms with Crippen LogP contribution < -0.4 is 15.3 Å². The van der Waals surface area contributed by atoms with E-state index in [2.05, 4.69) is 20.8 Å². The largest absolute Gasteiger partial charge is 0.550 e. The summed E-state index contributed by atoms with van der Waals surface area (Å²) in [6, 6.07) is 0. The lowest BCUT2D eigenvalue weighted by Crippen LogP contribution is -2.68. The number of aliphatic carboxylic acids is 3. The smallest absolute Gasteiger partial charge is 0.187 e. The van der Waals surface area contributed by atoms with E-state index in [1.54, 1.807) is 6.92 Å². The Morgan fingerprint density at radius 2 is 1.32 bits per heavy atom. The predicted octanol–water partition coefficient (Wildman–Crippen LogP) is -2.15. The van der Waals surface area contributed by atoms with Crippen molar-refractivity contribution in [1.82, 2.24) is 0 Å². The Morgan fingerprint density at radius 1 is 0.719 bits per heavy atom. The SMILES string of the molecule is CC1(C)[C@@H](O[C@H]2O[C@H](C(=O)[O-])[C@@H](O)[C@H](O)[C@H]2O[C@@H]2O[C@H](C(=O)[O-])[C@@H](O)[C@H](O)[C@H]2O)CC[C@H]2[C@H]1CC[C@]1(C)[C@@H]2C(=O)C=C2[C@@H]3C[C@@](C)(C(=O)[O-])CC[C@]3(C)CC[C@]21C. The van der Waals surface area contributed by atoms with Gasteiger partial charge in [-0.1, -0.05) is 47.1 Å². The van der Waals surface area contributed by atoms with Crippen molar-refractivity contribution >= 4 is 23.7 Å². The lowest BCUT2D eigenvalue weighted by molar-refractivity contribution is -0.390. The van der Waals surface area contributed by atoms with Crippen molar-refractivity contribution in [2.24, 2.45) is 50.7 Å². The highest BCUT2D eigenvalue weighted by molar-refractivity contribution is 5.95. The Hall–Kier alpha value is -2.54. The van der Waals surface area contributed by atoms with Crippen molar-refractivity contribution in [2.75, 3.05) is 0 Å². The van der Waals surface area contributed by atoms with Gasteiger partial charge in [0.25, 0.3) is 0 Å². The second-order valence-electron chi connectivity index (χ2n) is 19.9. The Kier molecular flexibility index (Phi) is 10.7. The Bertz CT molecular complexity index is 1680. The van der Waals surface area contributed by atoms with Crippen molar-refractivity contribution in [1.29, 1.82) is 0 Å². The summed E-state index contributed by atoms with van der Waals surface area (Å²) in [7, 11) is 0. The molecule has 2 saturated heterocycles. The molecular weight excluding hydrogens is 748 g/mol. The number of ether oxygens (including phenoxy) is 4. The highest BCUT2D eigenvalue weighted by Crippen LogP contribution is 2.72. The topological polar surface area (TPSA) is 276 Å². The number of carboxylic acid groups (broad SMARTS) is 3. The summed E-state index contributed by atoms with van der Waals surface area (Å²) in [4.78, 5) is 50.6. The molecule has 57 heavy (non-hydrogen) atoms. The number of hydrogen-bond donors (Lipinski definition) is 5. The maximum Gasteiger partial charge on any atom is 0.187 e. The highest BCUT2D eigenvalue weighted by atomic mass is 16.8. The summed E-state index contributed by atoms with van der Waals surface area (Å²) >= 11 is 0. The quantitative estimate of drug-likeness (QED) is 0.172. The van der Waals surface area contributed by atoms with E-state index in [-0.39, 0.29) is 40.3 Å². The van der Waals surface area contributed by atoms with E-state index in [4.69, 9.17) is 18.9 Å². The zero-order valence-corrected chi connectivity index (χ0v) is 33.3. The van der Waals surface area contributed by atoms with Crippen molar-refractivity contribution in [2.45, 2.75) is 167 Å². The number of carboxylic acids is 3. The molecule has 0 unspecified atom stereocenters. The molecule has 6 fully saturated rings. The number of ketones is 1. The normalized spacial score (nSPS) is 51.9. The molecule has 0 bridgehead atoms. The number of aliphatic hydroxyl groups is 5. The average Bonchev–Trinajstić information content (AvgIpc) is 3.13. The summed E-state index contributed by atoms with van der Waals surface area (Å²) in [6.07, 6.45) is -13.2. The van der Waals surface area contributed by atoms with E-state index in [1.807, 2.05) is 19.9 Å². The van der Waals surface area contributed by atoms with E-state index in [1.165, 1.54) is 0 Å². The molecule has 0 radical (unpaired) electrons. The van der Waals surface area contributed by atoms with Crippen LogP contribution in [0.3, 0.4) is 0 Å². The first-order valence-electron chi connectivity index (χ1n) is 20.3. The van der Waals surface area contributed by atoms with Gasteiger partial charge in [0.05, 0.1) is 18.0 Å². The zero-order valence-electron chi connectivity index (χ0n) is 33.3. The van der Waals surface area contributed by atoms with E-state index in [0.717, 1.165) is 31.3 Å². The molecule has 4 saturated carbocycles. The maximum absolute atomic E-state index is 14.6. The standard InChI is InChI=1S/C41H60O16/c1-37(2)18-9-10-41(6)23(21(42)15-19-20-16-39(4,36(52)53)12-11-38(20,3)13-14-40(19,41)5)17(18)7-8-22(37)54-35-31(27(46)26(45)30(56-35)33(50)51)57-34-28(47)24(43)25(44)29(55-34)32(48)49/h15,17-18,20,22-31,34-35,43-47H,7-14,16H2,1-6H3,(H,48,49)(H,50,51)(H,52,53)/p-3/t17-,18+,20-,22-,23-,24-,25-,26-,27-,28+,29-,30-,31+,34-,35-,38+,39-,40+,41+/m0/s1. The van der Waals surface area contributed by atoms with Crippen LogP contribution in [0.2, 0.25) is 0 Å². The Labute approximate surface area is 331 Å². The number of allylic oxidation sites excluding steroid dienone is 2. The third-order valence-electron chi connectivity index (χ3n) is 16.6. The van der Waals surface area contributed by atoms with E-state index in [9.17, 15) is 60.0 Å². The number of hydrogen-bond acceptors (Lipinski definition) is 16. The highest BCUT2D eigenvalue weighted by Gasteiger charge is 2.67. The predicted molar refractivity (Wildman–Crippen MR) is 187 cm³/mol. The van der Waals surface area contributed by atoms with Gasteiger partial charge in [-0.25, -0.2) is 0 Å². The van der Waals surface area contributed by atoms with Crippen molar-refractivity contribution < 1.29 is 79.0 Å². The summed E-state index contributed by atoms with van der Waals surface area (Å²) in [5.41, 5.74) is -1.45. The van der Waals surface area contributed by atoms with Crippen LogP contribution in [-0.4, -0.2) is 117 Å². The maximum atomic E-state index is 14.6. The molecule has 16 heteroatoms. The van der Waals surface area contributed by atoms with Gasteiger partial charge >= 0.3 is 0 Å².